The van der Waals surface area contributed by atoms with E-state index in [2.05, 4.69) is 0 Å². The van der Waals surface area contributed by atoms with Crippen LogP contribution in [0.25, 0.3) is 0 Å². The van der Waals surface area contributed by atoms with Gasteiger partial charge in [-0.25, -0.2) is 9.69 Å². The van der Waals surface area contributed by atoms with Crippen LogP contribution in [0.15, 0.2) is 72.8 Å². The smallest absolute Gasteiger partial charge is 0.338 e. The molecule has 2 saturated heterocycles. The first-order valence-corrected chi connectivity index (χ1v) is 12.4. The number of halogens is 1. The van der Waals surface area contributed by atoms with E-state index < -0.39 is 52.9 Å². The van der Waals surface area contributed by atoms with Crippen LogP contribution in [0.5, 0.6) is 0 Å². The van der Waals surface area contributed by atoms with Crippen molar-refractivity contribution in [3.05, 3.63) is 100 Å². The third-order valence-corrected chi connectivity index (χ3v) is 7.68. The van der Waals surface area contributed by atoms with E-state index >= 15 is 0 Å². The lowest BCUT2D eigenvalue weighted by Gasteiger charge is -2.27. The van der Waals surface area contributed by atoms with Crippen LogP contribution in [0.4, 0.5) is 5.69 Å². The molecule has 2 aliphatic heterocycles. The molecule has 3 aromatic carbocycles. The standard InChI is InChI=1S/C29H20ClNO7/c1-2-37-28(36)16-13-11-15(12-14-16)23-21-22(27(35)31(26(21)34)20-10-6-5-9-19(20)30)29(38-23)24(32)17-7-3-4-8-18(17)25(29)33/h3-14,21-23H,2H2,1H3/t21-,22+,23-/m0/s1. The second kappa shape index (κ2) is 8.72. The summed E-state index contributed by atoms with van der Waals surface area (Å²) in [7, 11) is 0. The zero-order valence-corrected chi connectivity index (χ0v) is 20.8. The van der Waals surface area contributed by atoms with E-state index in [1.54, 1.807) is 49.4 Å². The van der Waals surface area contributed by atoms with E-state index in [1.165, 1.54) is 30.3 Å². The number of nitrogens with zero attached hydrogens (tertiary/aromatic N) is 1. The summed E-state index contributed by atoms with van der Waals surface area (Å²) in [6.45, 7) is 1.90. The molecule has 0 N–H and O–H groups in total. The second-order valence-electron chi connectivity index (χ2n) is 9.29. The van der Waals surface area contributed by atoms with E-state index in [0.29, 0.717) is 5.56 Å². The van der Waals surface area contributed by atoms with Gasteiger partial charge < -0.3 is 9.47 Å². The number of amides is 2. The number of hydrogen-bond donors (Lipinski definition) is 0. The molecule has 0 bridgehead atoms. The lowest BCUT2D eigenvalue weighted by atomic mass is 9.77. The zero-order valence-electron chi connectivity index (χ0n) is 20.1. The largest absolute Gasteiger partial charge is 0.462 e. The molecule has 1 aliphatic carbocycles. The van der Waals surface area contributed by atoms with E-state index in [1.807, 2.05) is 0 Å². The Morgan fingerprint density at radius 1 is 0.895 bits per heavy atom. The summed E-state index contributed by atoms with van der Waals surface area (Å²) >= 11 is 6.34. The Balaban J connectivity index is 1.50. The van der Waals surface area contributed by atoms with E-state index in [-0.39, 0.29) is 34.0 Å². The molecule has 0 radical (unpaired) electrons. The molecule has 190 valence electrons. The van der Waals surface area contributed by atoms with Gasteiger partial charge in [-0.2, -0.15) is 0 Å². The first-order chi connectivity index (χ1) is 18.3. The fourth-order valence-electron chi connectivity index (χ4n) is 5.71. The predicted molar refractivity (Wildman–Crippen MR) is 135 cm³/mol. The van der Waals surface area contributed by atoms with Gasteiger partial charge in [-0.15, -0.1) is 0 Å². The number of ketones is 2. The van der Waals surface area contributed by atoms with Crippen LogP contribution >= 0.6 is 11.6 Å². The topological polar surface area (TPSA) is 107 Å². The van der Waals surface area contributed by atoms with Crippen LogP contribution < -0.4 is 4.90 Å². The number of fused-ring (bicyclic) bond motifs is 3. The maximum atomic E-state index is 13.9. The molecule has 6 rings (SSSR count). The number of esters is 1. The molecule has 38 heavy (non-hydrogen) atoms. The number of benzene rings is 3. The van der Waals surface area contributed by atoms with E-state index in [4.69, 9.17) is 21.1 Å². The molecule has 8 nitrogen and oxygen atoms in total. The van der Waals surface area contributed by atoms with Crippen molar-refractivity contribution < 1.29 is 33.4 Å². The van der Waals surface area contributed by atoms with Crippen LogP contribution in [-0.4, -0.2) is 41.6 Å². The monoisotopic (exact) mass is 529 g/mol. The van der Waals surface area contributed by atoms with Crippen molar-refractivity contribution in [3.63, 3.8) is 0 Å². The second-order valence-corrected chi connectivity index (χ2v) is 9.69. The van der Waals surface area contributed by atoms with Gasteiger partial charge in [0.15, 0.2) is 0 Å². The highest BCUT2D eigenvalue weighted by Crippen LogP contribution is 2.58. The molecule has 2 heterocycles. The van der Waals surface area contributed by atoms with Crippen molar-refractivity contribution >= 4 is 46.6 Å². The minimum Gasteiger partial charge on any atom is -0.462 e. The maximum absolute atomic E-state index is 13.9. The predicted octanol–water partition coefficient (Wildman–Crippen LogP) is 4.21. The number of carbonyl (C=O) groups is 5. The minimum atomic E-state index is -2.19. The summed E-state index contributed by atoms with van der Waals surface area (Å²) in [5.41, 5.74) is -1.02. The van der Waals surface area contributed by atoms with Gasteiger partial charge in [0, 0.05) is 11.1 Å². The average Bonchev–Trinajstić information content (AvgIpc) is 3.49. The van der Waals surface area contributed by atoms with Gasteiger partial charge in [0.2, 0.25) is 29.0 Å². The maximum Gasteiger partial charge on any atom is 0.338 e. The lowest BCUT2D eigenvalue weighted by molar-refractivity contribution is -0.127. The fraction of sp³-hybridized carbons (Fsp3) is 0.207. The quantitative estimate of drug-likeness (QED) is 0.283. The summed E-state index contributed by atoms with van der Waals surface area (Å²) in [5.74, 6) is -5.74. The van der Waals surface area contributed by atoms with Gasteiger partial charge >= 0.3 is 5.97 Å². The number of carbonyl (C=O) groups excluding carboxylic acids is 5. The molecule has 0 saturated carbocycles. The van der Waals surface area contributed by atoms with Gasteiger partial charge in [-0.3, -0.25) is 19.2 Å². The fourth-order valence-corrected chi connectivity index (χ4v) is 5.93. The molecule has 3 atom stereocenters. The van der Waals surface area contributed by atoms with Gasteiger partial charge in [-0.05, 0) is 36.8 Å². The third kappa shape index (κ3) is 3.17. The summed E-state index contributed by atoms with van der Waals surface area (Å²) in [5, 5.41) is 0.173. The third-order valence-electron chi connectivity index (χ3n) is 7.36. The summed E-state index contributed by atoms with van der Waals surface area (Å²) in [6.07, 6.45) is -1.11. The average molecular weight is 530 g/mol. The molecule has 3 aliphatic rings. The Kier molecular flexibility index (Phi) is 5.55. The number of para-hydroxylation sites is 1. The molecular weight excluding hydrogens is 510 g/mol. The lowest BCUT2D eigenvalue weighted by Crippen LogP contribution is -2.51. The van der Waals surface area contributed by atoms with E-state index in [0.717, 1.165) is 4.90 Å². The summed E-state index contributed by atoms with van der Waals surface area (Å²) in [6, 6.07) is 18.8. The molecule has 0 aromatic heterocycles. The van der Waals surface area contributed by atoms with E-state index in [9.17, 15) is 24.0 Å². The van der Waals surface area contributed by atoms with Crippen LogP contribution in [-0.2, 0) is 19.1 Å². The number of hydrogen-bond acceptors (Lipinski definition) is 7. The number of imide groups is 1. The first kappa shape index (κ1) is 24.2. The van der Waals surface area contributed by atoms with Crippen molar-refractivity contribution in [1.82, 2.24) is 0 Å². The first-order valence-electron chi connectivity index (χ1n) is 12.1. The van der Waals surface area contributed by atoms with Crippen molar-refractivity contribution in [2.24, 2.45) is 11.8 Å². The van der Waals surface area contributed by atoms with Crippen LogP contribution in [0, 0.1) is 11.8 Å². The number of ether oxygens (including phenoxy) is 2. The van der Waals surface area contributed by atoms with Crippen LogP contribution in [0.2, 0.25) is 5.02 Å². The number of rotatable bonds is 4. The molecule has 9 heteroatoms. The normalized spacial score (nSPS) is 23.2. The van der Waals surface area contributed by atoms with Gasteiger partial charge in [0.25, 0.3) is 0 Å². The SMILES string of the molecule is CCOC(=O)c1ccc([C@@H]2OC3(C(=O)c4ccccc4C3=O)[C@H]3C(=O)N(c4ccccc4Cl)C(=O)[C@H]23)cc1. The van der Waals surface area contributed by atoms with Crippen LogP contribution in [0.1, 0.15) is 49.7 Å². The Labute approximate surface area is 222 Å². The highest BCUT2D eigenvalue weighted by molar-refractivity contribution is 6.39. The molecular formula is C29H20ClNO7. The molecule has 2 fully saturated rings. The zero-order chi connectivity index (χ0) is 26.8. The van der Waals surface area contributed by atoms with Gasteiger partial charge in [0.1, 0.15) is 0 Å². The Morgan fingerprint density at radius 2 is 1.50 bits per heavy atom. The van der Waals surface area contributed by atoms with Crippen molar-refractivity contribution in [2.45, 2.75) is 18.6 Å². The Bertz CT molecular complexity index is 1510. The molecule has 3 aromatic rings. The molecule has 2 amide bonds. The highest BCUT2D eigenvalue weighted by Gasteiger charge is 2.74. The van der Waals surface area contributed by atoms with Gasteiger partial charge in [0.05, 0.1) is 40.8 Å². The van der Waals surface area contributed by atoms with Gasteiger partial charge in [-0.1, -0.05) is 60.1 Å². The van der Waals surface area contributed by atoms with Crippen molar-refractivity contribution in [1.29, 1.82) is 0 Å². The number of anilines is 1. The minimum absolute atomic E-state index is 0.144. The van der Waals surface area contributed by atoms with Crippen molar-refractivity contribution in [3.8, 4) is 0 Å². The molecule has 0 unspecified atom stereocenters. The highest BCUT2D eigenvalue weighted by atomic mass is 35.5. The van der Waals surface area contributed by atoms with Crippen molar-refractivity contribution in [2.75, 3.05) is 11.5 Å². The Morgan fingerprint density at radius 3 is 2.11 bits per heavy atom. The summed E-state index contributed by atoms with van der Waals surface area (Å²) < 4.78 is 11.3. The number of Topliss-reactive ketones (excluding diaryl/α,β-unsaturated/α-hetero) is 2. The molecule has 1 spiro atoms. The Hall–Kier alpha value is -4.14. The van der Waals surface area contributed by atoms with Crippen LogP contribution in [0.3, 0.4) is 0 Å². The summed E-state index contributed by atoms with van der Waals surface area (Å²) in [4.78, 5) is 68.6.